The topological polar surface area (TPSA) is 76.7 Å². The van der Waals surface area contributed by atoms with Gasteiger partial charge in [0.25, 0.3) is 0 Å². The Morgan fingerprint density at radius 3 is 3.04 bits per heavy atom. The molecule has 6 heteroatoms. The highest BCUT2D eigenvalue weighted by atomic mass is 16.5. The van der Waals surface area contributed by atoms with Crippen LogP contribution in [0.25, 0.3) is 0 Å². The number of rotatable bonds is 6. The van der Waals surface area contributed by atoms with E-state index in [-0.39, 0.29) is 12.4 Å². The van der Waals surface area contributed by atoms with Crippen LogP contribution in [0.3, 0.4) is 0 Å². The Balaban J connectivity index is 1.31. The summed E-state index contributed by atoms with van der Waals surface area (Å²) in [5.74, 6) is 1.17. The fraction of sp³-hybridized carbons (Fsp3) is 0.190. The molecule has 0 unspecified atom stereocenters. The normalized spacial score (nSPS) is 12.9. The molecule has 2 heterocycles. The summed E-state index contributed by atoms with van der Waals surface area (Å²) in [7, 11) is 0. The molecule has 1 aromatic carbocycles. The highest BCUT2D eigenvalue weighted by Gasteiger charge is 2.13. The third-order valence-corrected chi connectivity index (χ3v) is 4.40. The van der Waals surface area contributed by atoms with Crippen molar-refractivity contribution in [3.8, 4) is 5.75 Å². The lowest BCUT2D eigenvalue weighted by Crippen LogP contribution is -2.16. The van der Waals surface area contributed by atoms with Gasteiger partial charge in [-0.1, -0.05) is 12.1 Å². The number of benzene rings is 1. The van der Waals surface area contributed by atoms with E-state index in [1.54, 1.807) is 30.6 Å². The number of pyridine rings is 1. The molecule has 0 saturated carbocycles. The third kappa shape index (κ3) is 4.23. The van der Waals surface area contributed by atoms with Gasteiger partial charge in [-0.15, -0.1) is 0 Å². The Hall–Kier alpha value is -3.41. The number of ether oxygens (including phenoxy) is 1. The van der Waals surface area contributed by atoms with Crippen LogP contribution in [0.4, 0.5) is 0 Å². The summed E-state index contributed by atoms with van der Waals surface area (Å²) in [4.78, 5) is 16.0. The summed E-state index contributed by atoms with van der Waals surface area (Å²) < 4.78 is 11.3. The van der Waals surface area contributed by atoms with Crippen LogP contribution in [0.2, 0.25) is 0 Å². The highest BCUT2D eigenvalue weighted by Crippen LogP contribution is 2.26. The minimum absolute atomic E-state index is 0.186. The summed E-state index contributed by atoms with van der Waals surface area (Å²) in [5, 5.41) is 3.90. The number of furan rings is 1. The number of nitrogens with zero attached hydrogens (tertiary/aromatic N) is 2. The first-order valence-electron chi connectivity index (χ1n) is 8.85. The number of carbonyl (C=O) groups excluding carboxylic acids is 1. The zero-order valence-corrected chi connectivity index (χ0v) is 14.7. The van der Waals surface area contributed by atoms with E-state index >= 15 is 0 Å². The SMILES string of the molecule is O=C(NN=Cc1cccnc1)c1ccc(COc2ccc3c(c2)CCC3)o1. The van der Waals surface area contributed by atoms with Crippen LogP contribution in [0.15, 0.2) is 64.4 Å². The molecule has 0 atom stereocenters. The molecule has 0 aliphatic heterocycles. The Kier molecular flexibility index (Phi) is 4.96. The molecular formula is C21H19N3O3. The van der Waals surface area contributed by atoms with Crippen LogP contribution in [0, 0.1) is 0 Å². The number of nitrogens with one attached hydrogen (secondary N) is 1. The minimum Gasteiger partial charge on any atom is -0.486 e. The lowest BCUT2D eigenvalue weighted by atomic mass is 10.1. The van der Waals surface area contributed by atoms with Crippen LogP contribution in [-0.2, 0) is 19.4 Å². The maximum atomic E-state index is 12.1. The van der Waals surface area contributed by atoms with Gasteiger partial charge in [0, 0.05) is 18.0 Å². The number of hydrogen-bond donors (Lipinski definition) is 1. The van der Waals surface area contributed by atoms with Gasteiger partial charge in [0.05, 0.1) is 6.21 Å². The Bertz CT molecular complexity index is 964. The second kappa shape index (κ2) is 7.86. The second-order valence-electron chi connectivity index (χ2n) is 6.32. The summed E-state index contributed by atoms with van der Waals surface area (Å²) in [6.07, 6.45) is 8.30. The molecule has 1 aliphatic rings. The third-order valence-electron chi connectivity index (χ3n) is 4.40. The van der Waals surface area contributed by atoms with Crippen LogP contribution in [0.5, 0.6) is 5.75 Å². The van der Waals surface area contributed by atoms with Crippen LogP contribution < -0.4 is 10.2 Å². The average molecular weight is 361 g/mol. The van der Waals surface area contributed by atoms with Crippen molar-refractivity contribution in [2.75, 3.05) is 0 Å². The zero-order valence-electron chi connectivity index (χ0n) is 14.7. The number of hydrogen-bond acceptors (Lipinski definition) is 5. The molecule has 6 nitrogen and oxygen atoms in total. The van der Waals surface area contributed by atoms with Crippen molar-refractivity contribution in [3.63, 3.8) is 0 Å². The molecule has 2 aromatic heterocycles. The molecule has 0 fully saturated rings. The first-order chi connectivity index (χ1) is 13.3. The van der Waals surface area contributed by atoms with Gasteiger partial charge in [-0.25, -0.2) is 5.43 Å². The average Bonchev–Trinajstić information content (AvgIpc) is 3.36. The Morgan fingerprint density at radius 1 is 1.22 bits per heavy atom. The van der Waals surface area contributed by atoms with E-state index in [0.29, 0.717) is 5.76 Å². The summed E-state index contributed by atoms with van der Waals surface area (Å²) in [6, 6.07) is 13.2. The molecule has 4 rings (SSSR count). The van der Waals surface area contributed by atoms with Gasteiger partial charge in [0.2, 0.25) is 0 Å². The molecule has 27 heavy (non-hydrogen) atoms. The van der Waals surface area contributed by atoms with E-state index in [2.05, 4.69) is 27.6 Å². The fourth-order valence-electron chi connectivity index (χ4n) is 3.04. The molecule has 3 aromatic rings. The maximum absolute atomic E-state index is 12.1. The molecule has 136 valence electrons. The van der Waals surface area contributed by atoms with Crippen LogP contribution >= 0.6 is 0 Å². The molecule has 1 amide bonds. The maximum Gasteiger partial charge on any atom is 0.307 e. The minimum atomic E-state index is -0.418. The lowest BCUT2D eigenvalue weighted by Gasteiger charge is -2.06. The van der Waals surface area contributed by atoms with Crippen molar-refractivity contribution in [1.29, 1.82) is 0 Å². The number of carbonyl (C=O) groups is 1. The van der Waals surface area contributed by atoms with Crippen molar-refractivity contribution in [3.05, 3.63) is 83.1 Å². The molecule has 1 N–H and O–H groups in total. The van der Waals surface area contributed by atoms with Gasteiger partial charge in [0.1, 0.15) is 18.1 Å². The summed E-state index contributed by atoms with van der Waals surface area (Å²) in [6.45, 7) is 0.269. The van der Waals surface area contributed by atoms with E-state index in [0.717, 1.165) is 24.2 Å². The molecule has 1 aliphatic carbocycles. The van der Waals surface area contributed by atoms with Crippen LogP contribution in [-0.4, -0.2) is 17.1 Å². The fourth-order valence-corrected chi connectivity index (χ4v) is 3.04. The first-order valence-corrected chi connectivity index (χ1v) is 8.85. The quantitative estimate of drug-likeness (QED) is 0.538. The van der Waals surface area contributed by atoms with E-state index in [9.17, 15) is 4.79 Å². The Morgan fingerprint density at radius 2 is 2.15 bits per heavy atom. The van der Waals surface area contributed by atoms with E-state index in [4.69, 9.17) is 9.15 Å². The van der Waals surface area contributed by atoms with E-state index in [1.165, 1.54) is 23.8 Å². The van der Waals surface area contributed by atoms with Gasteiger partial charge < -0.3 is 9.15 Å². The predicted octanol–water partition coefficient (Wildman–Crippen LogP) is 3.51. The standard InChI is InChI=1S/C21H19N3O3/c25-21(24-23-13-15-3-2-10-22-12-15)20-9-8-19(27-20)14-26-18-7-6-16-4-1-5-17(16)11-18/h2-3,6-13H,1,4-5,14H2,(H,24,25). The molecule has 0 bridgehead atoms. The largest absolute Gasteiger partial charge is 0.486 e. The number of fused-ring (bicyclic) bond motifs is 1. The van der Waals surface area contributed by atoms with Gasteiger partial charge in [-0.2, -0.15) is 5.10 Å². The van der Waals surface area contributed by atoms with Crippen molar-refractivity contribution >= 4 is 12.1 Å². The number of hydrazone groups is 1. The van der Waals surface area contributed by atoms with Crippen LogP contribution in [0.1, 0.15) is 39.4 Å². The van der Waals surface area contributed by atoms with Crippen molar-refractivity contribution in [2.24, 2.45) is 5.10 Å². The molecule has 0 radical (unpaired) electrons. The van der Waals surface area contributed by atoms with Crippen molar-refractivity contribution in [1.82, 2.24) is 10.4 Å². The van der Waals surface area contributed by atoms with Gasteiger partial charge in [0.15, 0.2) is 5.76 Å². The monoisotopic (exact) mass is 361 g/mol. The van der Waals surface area contributed by atoms with Crippen molar-refractivity contribution in [2.45, 2.75) is 25.9 Å². The summed E-state index contributed by atoms with van der Waals surface area (Å²) >= 11 is 0. The van der Waals surface area contributed by atoms with E-state index < -0.39 is 5.91 Å². The smallest absolute Gasteiger partial charge is 0.307 e. The molecular weight excluding hydrogens is 342 g/mol. The van der Waals surface area contributed by atoms with Gasteiger partial charge in [-0.3, -0.25) is 9.78 Å². The second-order valence-corrected chi connectivity index (χ2v) is 6.32. The predicted molar refractivity (Wildman–Crippen MR) is 101 cm³/mol. The van der Waals surface area contributed by atoms with Crippen molar-refractivity contribution < 1.29 is 13.9 Å². The number of aromatic nitrogens is 1. The molecule has 0 saturated heterocycles. The number of amides is 1. The van der Waals surface area contributed by atoms with Gasteiger partial charge in [-0.05, 0) is 60.7 Å². The summed E-state index contributed by atoms with van der Waals surface area (Å²) in [5.41, 5.74) is 5.99. The lowest BCUT2D eigenvalue weighted by molar-refractivity contribution is 0.0923. The van der Waals surface area contributed by atoms with Gasteiger partial charge >= 0.3 is 5.91 Å². The molecule has 0 spiro atoms. The highest BCUT2D eigenvalue weighted by molar-refractivity contribution is 5.92. The first kappa shape index (κ1) is 17.0. The Labute approximate surface area is 156 Å². The zero-order chi connectivity index (χ0) is 18.5. The number of aryl methyl sites for hydroxylation is 2. The van der Waals surface area contributed by atoms with E-state index in [1.807, 2.05) is 12.1 Å².